The highest BCUT2D eigenvalue weighted by atomic mass is 15.2. The number of likely N-dealkylation sites (tertiary alicyclic amines) is 1. The summed E-state index contributed by atoms with van der Waals surface area (Å²) in [5.41, 5.74) is 5.73. The average molecular weight is 244 g/mol. The Hall–Kier alpha value is -2.24. The van der Waals surface area contributed by atoms with E-state index in [2.05, 4.69) is 15.0 Å². The van der Waals surface area contributed by atoms with Gasteiger partial charge in [-0.3, -0.25) is 10.4 Å². The lowest BCUT2D eigenvalue weighted by Gasteiger charge is -2.14. The molecule has 3 N–H and O–H groups in total. The molecule has 1 fully saturated rings. The quantitative estimate of drug-likeness (QED) is 0.615. The number of nitrogens with one attached hydrogen (secondary N) is 1. The predicted molar refractivity (Wildman–Crippen MR) is 71.0 cm³/mol. The van der Waals surface area contributed by atoms with Gasteiger partial charge in [-0.05, 0) is 25.0 Å². The smallest absolute Gasteiger partial charge is 0.172 e. The Morgan fingerprint density at radius 2 is 2.11 bits per heavy atom. The van der Waals surface area contributed by atoms with Crippen LogP contribution in [0.3, 0.4) is 0 Å². The third-order valence-electron chi connectivity index (χ3n) is 2.65. The molecule has 0 aromatic carbocycles. The van der Waals surface area contributed by atoms with Crippen LogP contribution in [0.1, 0.15) is 12.8 Å². The van der Waals surface area contributed by atoms with E-state index in [0.29, 0.717) is 17.5 Å². The van der Waals surface area contributed by atoms with Crippen molar-refractivity contribution in [2.24, 2.45) is 10.7 Å². The predicted octanol–water partition coefficient (Wildman–Crippen LogP) is 1.09. The van der Waals surface area contributed by atoms with Crippen molar-refractivity contribution in [2.75, 3.05) is 13.1 Å². The number of hydrogen-bond acceptors (Lipinski definition) is 4. The molecule has 2 heterocycles. The fourth-order valence-electron chi connectivity index (χ4n) is 1.75. The van der Waals surface area contributed by atoms with Crippen LogP contribution in [0, 0.1) is 5.41 Å². The molecule has 1 aromatic rings. The number of aromatic nitrogens is 2. The van der Waals surface area contributed by atoms with Gasteiger partial charge in [0.15, 0.2) is 5.82 Å². The lowest BCUT2D eigenvalue weighted by atomic mass is 10.4. The van der Waals surface area contributed by atoms with Crippen molar-refractivity contribution in [3.63, 3.8) is 0 Å². The minimum atomic E-state index is 0.319. The zero-order valence-corrected chi connectivity index (χ0v) is 10.1. The number of nitrogens with zero attached hydrogens (tertiary/aromatic N) is 4. The molecule has 1 aliphatic rings. The Kier molecular flexibility index (Phi) is 4.01. The summed E-state index contributed by atoms with van der Waals surface area (Å²) in [6.07, 6.45) is 10.3. The molecule has 0 bridgehead atoms. The summed E-state index contributed by atoms with van der Waals surface area (Å²) in [5, 5.41) is 7.86. The molecular weight excluding hydrogens is 228 g/mol. The molecule has 0 radical (unpaired) electrons. The van der Waals surface area contributed by atoms with Gasteiger partial charge in [-0.25, -0.2) is 9.98 Å². The van der Waals surface area contributed by atoms with E-state index >= 15 is 0 Å². The Bertz CT molecular complexity index is 459. The second kappa shape index (κ2) is 5.90. The Labute approximate surface area is 106 Å². The van der Waals surface area contributed by atoms with Crippen LogP contribution in [0.5, 0.6) is 0 Å². The van der Waals surface area contributed by atoms with Gasteiger partial charge >= 0.3 is 0 Å². The summed E-state index contributed by atoms with van der Waals surface area (Å²) in [6, 6.07) is 0. The molecule has 0 aliphatic carbocycles. The highest BCUT2D eigenvalue weighted by Gasteiger charge is 2.12. The van der Waals surface area contributed by atoms with Gasteiger partial charge in [-0.2, -0.15) is 0 Å². The number of nitrogens with two attached hydrogens (primary N) is 1. The Balaban J connectivity index is 1.96. The number of rotatable bonds is 3. The van der Waals surface area contributed by atoms with Gasteiger partial charge in [-0.1, -0.05) is 0 Å². The van der Waals surface area contributed by atoms with Gasteiger partial charge < -0.3 is 10.6 Å². The first-order valence-corrected chi connectivity index (χ1v) is 5.87. The van der Waals surface area contributed by atoms with Crippen LogP contribution in [0.15, 0.2) is 35.7 Å². The highest BCUT2D eigenvalue weighted by molar-refractivity contribution is 6.00. The summed E-state index contributed by atoms with van der Waals surface area (Å²) < 4.78 is 0. The van der Waals surface area contributed by atoms with Gasteiger partial charge in [0.05, 0.1) is 6.20 Å². The van der Waals surface area contributed by atoms with Crippen molar-refractivity contribution >= 4 is 17.5 Å². The zero-order valence-electron chi connectivity index (χ0n) is 10.1. The number of amidine groups is 2. The lowest BCUT2D eigenvalue weighted by molar-refractivity contribution is 0.519. The van der Waals surface area contributed by atoms with E-state index in [9.17, 15) is 0 Å². The summed E-state index contributed by atoms with van der Waals surface area (Å²) in [4.78, 5) is 14.0. The van der Waals surface area contributed by atoms with Crippen LogP contribution < -0.4 is 5.73 Å². The van der Waals surface area contributed by atoms with E-state index in [0.717, 1.165) is 25.9 Å². The molecule has 0 amide bonds. The van der Waals surface area contributed by atoms with Gasteiger partial charge in [0.25, 0.3) is 0 Å². The van der Waals surface area contributed by atoms with Crippen LogP contribution in [0.4, 0.5) is 5.82 Å². The van der Waals surface area contributed by atoms with E-state index in [1.807, 2.05) is 4.90 Å². The first-order valence-electron chi connectivity index (χ1n) is 5.87. The van der Waals surface area contributed by atoms with E-state index in [-0.39, 0.29) is 0 Å². The normalized spacial score (nSPS) is 16.4. The molecule has 1 aliphatic heterocycles. The molecule has 2 rings (SSSR count). The minimum Gasteiger partial charge on any atom is -0.384 e. The summed E-state index contributed by atoms with van der Waals surface area (Å²) in [6.45, 7) is 1.90. The second-order valence-corrected chi connectivity index (χ2v) is 4.01. The van der Waals surface area contributed by atoms with Crippen molar-refractivity contribution in [1.29, 1.82) is 5.41 Å². The molecule has 0 saturated carbocycles. The zero-order chi connectivity index (χ0) is 12.8. The van der Waals surface area contributed by atoms with Crippen LogP contribution in [0.25, 0.3) is 0 Å². The van der Waals surface area contributed by atoms with Crippen molar-refractivity contribution in [1.82, 2.24) is 14.9 Å². The molecular formula is C12H16N6. The van der Waals surface area contributed by atoms with E-state index in [1.165, 1.54) is 6.20 Å². The first-order chi connectivity index (χ1) is 8.75. The molecule has 0 spiro atoms. The lowest BCUT2D eigenvalue weighted by Crippen LogP contribution is -2.25. The third kappa shape index (κ3) is 3.38. The second-order valence-electron chi connectivity index (χ2n) is 4.01. The van der Waals surface area contributed by atoms with Crippen LogP contribution in [0.2, 0.25) is 0 Å². The molecule has 1 aromatic heterocycles. The van der Waals surface area contributed by atoms with Gasteiger partial charge in [0.2, 0.25) is 0 Å². The first kappa shape index (κ1) is 12.2. The maximum absolute atomic E-state index is 7.86. The molecule has 0 atom stereocenters. The van der Waals surface area contributed by atoms with Crippen molar-refractivity contribution in [3.8, 4) is 0 Å². The fourth-order valence-corrected chi connectivity index (χ4v) is 1.75. The van der Waals surface area contributed by atoms with E-state index in [4.69, 9.17) is 11.1 Å². The Morgan fingerprint density at radius 1 is 1.33 bits per heavy atom. The molecule has 6 heteroatoms. The summed E-state index contributed by atoms with van der Waals surface area (Å²) in [7, 11) is 0. The van der Waals surface area contributed by atoms with Crippen LogP contribution in [-0.2, 0) is 0 Å². The van der Waals surface area contributed by atoms with Crippen LogP contribution in [-0.4, -0.2) is 39.6 Å². The maximum Gasteiger partial charge on any atom is 0.172 e. The van der Waals surface area contributed by atoms with Crippen molar-refractivity contribution < 1.29 is 0 Å². The van der Waals surface area contributed by atoms with Gasteiger partial charge in [0, 0.05) is 25.5 Å². The monoisotopic (exact) mass is 244 g/mol. The molecule has 6 nitrogen and oxygen atoms in total. The number of aliphatic imine (C=N–C) groups is 1. The molecule has 94 valence electrons. The van der Waals surface area contributed by atoms with E-state index < -0.39 is 0 Å². The maximum atomic E-state index is 7.86. The van der Waals surface area contributed by atoms with Gasteiger partial charge in [0.1, 0.15) is 11.7 Å². The molecule has 18 heavy (non-hydrogen) atoms. The SMILES string of the molecule is N=C(/C=C\C(N)=Nc1cnccn1)N1CCCC1. The van der Waals surface area contributed by atoms with E-state index in [1.54, 1.807) is 24.5 Å². The van der Waals surface area contributed by atoms with Gasteiger partial charge in [-0.15, -0.1) is 0 Å². The third-order valence-corrected chi connectivity index (χ3v) is 2.65. The standard InChI is InChI=1S/C12H16N6/c13-10(17-12-9-15-5-6-16-12)3-4-11(14)18-7-1-2-8-18/h3-6,9,14H,1-2,7-8H2,(H2,13,16,17)/b4-3-,14-11?. The van der Waals surface area contributed by atoms with Crippen molar-refractivity contribution in [2.45, 2.75) is 12.8 Å². The molecule has 1 saturated heterocycles. The summed E-state index contributed by atoms with van der Waals surface area (Å²) >= 11 is 0. The number of hydrogen-bond donors (Lipinski definition) is 2. The highest BCUT2D eigenvalue weighted by Crippen LogP contribution is 2.08. The Morgan fingerprint density at radius 3 is 2.78 bits per heavy atom. The topological polar surface area (TPSA) is 91.2 Å². The van der Waals surface area contributed by atoms with Crippen LogP contribution >= 0.6 is 0 Å². The minimum absolute atomic E-state index is 0.319. The molecule has 0 unspecified atom stereocenters. The van der Waals surface area contributed by atoms with Crippen molar-refractivity contribution in [3.05, 3.63) is 30.7 Å². The fraction of sp³-hybridized carbons (Fsp3) is 0.333. The largest absolute Gasteiger partial charge is 0.384 e. The summed E-state index contributed by atoms with van der Waals surface area (Å²) in [5.74, 6) is 1.26. The average Bonchev–Trinajstić information content (AvgIpc) is 2.91.